The molecule has 7 nitrogen and oxygen atoms in total. The first-order valence-corrected chi connectivity index (χ1v) is 9.79. The Morgan fingerprint density at radius 1 is 1.32 bits per heavy atom. The van der Waals surface area contributed by atoms with E-state index < -0.39 is 0 Å². The van der Waals surface area contributed by atoms with Gasteiger partial charge in [0.25, 0.3) is 0 Å². The second-order valence-electron chi connectivity index (χ2n) is 5.85. The van der Waals surface area contributed by atoms with E-state index in [1.807, 2.05) is 30.3 Å². The minimum atomic E-state index is -0.251. The number of methoxy groups -OCH3 is 1. The summed E-state index contributed by atoms with van der Waals surface area (Å²) in [6.07, 6.45) is 0. The smallest absolute Gasteiger partial charge is 0.246 e. The summed E-state index contributed by atoms with van der Waals surface area (Å²) in [4.78, 5) is 17.0. The number of halogens is 1. The third kappa shape index (κ3) is 3.77. The second kappa shape index (κ2) is 7.70. The number of hydrogen-bond acceptors (Lipinski definition) is 6. The van der Waals surface area contributed by atoms with Gasteiger partial charge < -0.3 is 10.1 Å². The molecule has 2 N–H and O–H groups in total. The van der Waals surface area contributed by atoms with Crippen LogP contribution < -0.4 is 10.1 Å². The molecular weight excluding hydrogens is 418 g/mol. The number of anilines is 1. The van der Waals surface area contributed by atoms with Crippen LogP contribution in [-0.2, 0) is 11.3 Å². The highest BCUT2D eigenvalue weighted by Gasteiger charge is 2.14. The van der Waals surface area contributed by atoms with Gasteiger partial charge in [-0.2, -0.15) is 5.10 Å². The Labute approximate surface area is 173 Å². The Bertz CT molecular complexity index is 1210. The number of thiazole rings is 1. The highest BCUT2D eigenvalue weighted by atomic mass is 35.5. The standard InChI is InChI=1S/C18H14ClN5O2S2/c1-26-12-6-7-13-14(8-12)28-17(20-13)21-15(25)9-24-16(22-23-18(24)27)10-2-4-11(19)5-3-10/h2-8H,9H2,1H3,(H,23,27)(H,20,21,25). The Morgan fingerprint density at radius 3 is 2.86 bits per heavy atom. The van der Waals surface area contributed by atoms with Gasteiger partial charge in [0.2, 0.25) is 5.91 Å². The Balaban J connectivity index is 1.55. The molecule has 1 amide bonds. The van der Waals surface area contributed by atoms with Crippen LogP contribution in [0.15, 0.2) is 42.5 Å². The van der Waals surface area contributed by atoms with Crippen molar-refractivity contribution in [3.8, 4) is 17.1 Å². The molecule has 0 aliphatic carbocycles. The van der Waals surface area contributed by atoms with Crippen LogP contribution in [0.25, 0.3) is 21.6 Å². The van der Waals surface area contributed by atoms with E-state index in [1.165, 1.54) is 11.3 Å². The summed E-state index contributed by atoms with van der Waals surface area (Å²) in [5.41, 5.74) is 1.60. The van der Waals surface area contributed by atoms with Crippen molar-refractivity contribution in [1.29, 1.82) is 0 Å². The number of hydrogen-bond donors (Lipinski definition) is 2. The maximum absolute atomic E-state index is 12.6. The molecule has 0 aliphatic rings. The molecular formula is C18H14ClN5O2S2. The number of carbonyl (C=O) groups is 1. The molecule has 0 saturated heterocycles. The summed E-state index contributed by atoms with van der Waals surface area (Å²) in [6, 6.07) is 12.7. The van der Waals surface area contributed by atoms with Crippen molar-refractivity contribution in [3.05, 3.63) is 52.3 Å². The number of nitrogens with zero attached hydrogens (tertiary/aromatic N) is 3. The number of benzene rings is 2. The molecule has 2 heterocycles. The molecule has 0 atom stereocenters. The summed E-state index contributed by atoms with van der Waals surface area (Å²) in [6.45, 7) is 0.00649. The molecule has 2 aromatic carbocycles. The normalized spacial score (nSPS) is 10.9. The lowest BCUT2D eigenvalue weighted by molar-refractivity contribution is -0.116. The molecule has 4 aromatic rings. The van der Waals surface area contributed by atoms with Gasteiger partial charge in [0, 0.05) is 10.6 Å². The van der Waals surface area contributed by atoms with Crippen molar-refractivity contribution in [2.75, 3.05) is 12.4 Å². The minimum Gasteiger partial charge on any atom is -0.497 e. The number of nitrogens with one attached hydrogen (secondary N) is 2. The van der Waals surface area contributed by atoms with E-state index in [1.54, 1.807) is 23.8 Å². The molecule has 0 fully saturated rings. The first-order chi connectivity index (χ1) is 13.5. The van der Waals surface area contributed by atoms with E-state index in [-0.39, 0.29) is 12.5 Å². The van der Waals surface area contributed by atoms with Gasteiger partial charge in [-0.3, -0.25) is 14.5 Å². The number of ether oxygens (including phenoxy) is 1. The fourth-order valence-electron chi connectivity index (χ4n) is 2.67. The molecule has 0 saturated carbocycles. The lowest BCUT2D eigenvalue weighted by atomic mass is 10.2. The van der Waals surface area contributed by atoms with Crippen LogP contribution >= 0.6 is 35.2 Å². The molecule has 0 bridgehead atoms. The van der Waals surface area contributed by atoms with E-state index >= 15 is 0 Å². The third-order valence-corrected chi connectivity index (χ3v) is 5.50. The molecule has 4 rings (SSSR count). The second-order valence-corrected chi connectivity index (χ2v) is 7.70. The highest BCUT2D eigenvalue weighted by Crippen LogP contribution is 2.29. The van der Waals surface area contributed by atoms with Crippen molar-refractivity contribution in [2.45, 2.75) is 6.54 Å². The topological polar surface area (TPSA) is 84.8 Å². The van der Waals surface area contributed by atoms with Gasteiger partial charge in [-0.25, -0.2) is 4.98 Å². The van der Waals surface area contributed by atoms with E-state index in [2.05, 4.69) is 20.5 Å². The van der Waals surface area contributed by atoms with Crippen LogP contribution in [0.2, 0.25) is 5.02 Å². The van der Waals surface area contributed by atoms with Crippen molar-refractivity contribution in [3.63, 3.8) is 0 Å². The lowest BCUT2D eigenvalue weighted by Crippen LogP contribution is -2.19. The predicted molar refractivity (Wildman–Crippen MR) is 113 cm³/mol. The van der Waals surface area contributed by atoms with Gasteiger partial charge in [0.15, 0.2) is 15.7 Å². The predicted octanol–water partition coefficient (Wildman–Crippen LogP) is 4.52. The average molecular weight is 432 g/mol. The van der Waals surface area contributed by atoms with Gasteiger partial charge in [0.05, 0.1) is 17.3 Å². The summed E-state index contributed by atoms with van der Waals surface area (Å²) >= 11 is 12.6. The molecule has 10 heteroatoms. The van der Waals surface area contributed by atoms with Gasteiger partial charge in [0.1, 0.15) is 12.3 Å². The van der Waals surface area contributed by atoms with Gasteiger partial charge in [-0.1, -0.05) is 22.9 Å². The van der Waals surface area contributed by atoms with Gasteiger partial charge in [-0.05, 0) is 54.7 Å². The third-order valence-electron chi connectivity index (χ3n) is 4.00. The lowest BCUT2D eigenvalue weighted by Gasteiger charge is -2.06. The minimum absolute atomic E-state index is 0.00649. The number of amides is 1. The van der Waals surface area contributed by atoms with E-state index in [0.29, 0.717) is 20.7 Å². The maximum atomic E-state index is 12.6. The summed E-state index contributed by atoms with van der Waals surface area (Å²) < 4.78 is 8.13. The van der Waals surface area contributed by atoms with Gasteiger partial charge in [-0.15, -0.1) is 0 Å². The number of rotatable bonds is 5. The number of H-pyrrole nitrogens is 1. The fourth-order valence-corrected chi connectivity index (χ4v) is 3.90. The van der Waals surface area contributed by atoms with Crippen molar-refractivity contribution in [1.82, 2.24) is 19.7 Å². The quantitative estimate of drug-likeness (QED) is 0.454. The zero-order valence-electron chi connectivity index (χ0n) is 14.6. The molecule has 0 aliphatic heterocycles. The molecule has 142 valence electrons. The Hall–Kier alpha value is -2.75. The van der Waals surface area contributed by atoms with E-state index in [9.17, 15) is 4.79 Å². The Morgan fingerprint density at radius 2 is 2.11 bits per heavy atom. The molecule has 2 aromatic heterocycles. The van der Waals surface area contributed by atoms with Crippen molar-refractivity contribution in [2.24, 2.45) is 0 Å². The summed E-state index contributed by atoms with van der Waals surface area (Å²) in [5.74, 6) is 1.05. The molecule has 0 radical (unpaired) electrons. The molecule has 28 heavy (non-hydrogen) atoms. The van der Waals surface area contributed by atoms with Crippen molar-refractivity contribution >= 4 is 56.4 Å². The van der Waals surface area contributed by atoms with Gasteiger partial charge >= 0.3 is 0 Å². The number of fused-ring (bicyclic) bond motifs is 1. The zero-order chi connectivity index (χ0) is 19.7. The van der Waals surface area contributed by atoms with Crippen LogP contribution in [0, 0.1) is 4.77 Å². The average Bonchev–Trinajstić information content (AvgIpc) is 3.25. The highest BCUT2D eigenvalue weighted by molar-refractivity contribution is 7.71. The number of carbonyl (C=O) groups excluding carboxylic acids is 1. The van der Waals surface area contributed by atoms with Crippen LogP contribution in [-0.4, -0.2) is 32.8 Å². The maximum Gasteiger partial charge on any atom is 0.246 e. The molecule has 0 unspecified atom stereocenters. The SMILES string of the molecule is COc1ccc2nc(NC(=O)Cn3c(-c4ccc(Cl)cc4)n[nH]c3=S)sc2c1. The monoisotopic (exact) mass is 431 g/mol. The fraction of sp³-hybridized carbons (Fsp3) is 0.111. The van der Waals surface area contributed by atoms with Crippen molar-refractivity contribution < 1.29 is 9.53 Å². The largest absolute Gasteiger partial charge is 0.497 e. The first-order valence-electron chi connectivity index (χ1n) is 8.19. The molecule has 0 spiro atoms. The van der Waals surface area contributed by atoms with Crippen LogP contribution in [0.1, 0.15) is 0 Å². The number of aromatic amines is 1. The summed E-state index contributed by atoms with van der Waals surface area (Å²) in [5, 5.41) is 10.9. The summed E-state index contributed by atoms with van der Waals surface area (Å²) in [7, 11) is 1.61. The van der Waals surface area contributed by atoms with Crippen LogP contribution in [0.3, 0.4) is 0 Å². The first kappa shape index (κ1) is 18.6. The van der Waals surface area contributed by atoms with Crippen LogP contribution in [0.5, 0.6) is 5.75 Å². The van der Waals surface area contributed by atoms with E-state index in [0.717, 1.165) is 21.5 Å². The van der Waals surface area contributed by atoms with E-state index in [4.69, 9.17) is 28.6 Å². The number of aromatic nitrogens is 4. The Kier molecular flexibility index (Phi) is 5.12. The van der Waals surface area contributed by atoms with Crippen LogP contribution in [0.4, 0.5) is 5.13 Å². The zero-order valence-corrected chi connectivity index (χ0v) is 17.0.